The zero-order valence-electron chi connectivity index (χ0n) is 18.6. The van der Waals surface area contributed by atoms with E-state index in [-0.39, 0.29) is 35.6 Å². The van der Waals surface area contributed by atoms with E-state index in [0.29, 0.717) is 24.2 Å². The Morgan fingerprint density at radius 3 is 2.22 bits per heavy atom. The van der Waals surface area contributed by atoms with Crippen LogP contribution in [-0.2, 0) is 30.1 Å². The van der Waals surface area contributed by atoms with Gasteiger partial charge < -0.3 is 10.2 Å². The van der Waals surface area contributed by atoms with Crippen LogP contribution < -0.4 is 14.3 Å². The zero-order chi connectivity index (χ0) is 22.6. The fourth-order valence-corrected chi connectivity index (χ4v) is 5.22. The molecular formula is C21H33N6NaO3S. The Labute approximate surface area is 213 Å². The molecule has 0 unspecified atom stereocenters. The van der Waals surface area contributed by atoms with Gasteiger partial charge in [-0.1, -0.05) is 19.9 Å². The number of nitrogens with one attached hydrogen (secondary N) is 2. The Balaban J connectivity index is 0.00000363. The van der Waals surface area contributed by atoms with Crippen molar-refractivity contribution in [2.24, 2.45) is 7.05 Å². The number of piperidine rings is 1. The van der Waals surface area contributed by atoms with Gasteiger partial charge in [0.05, 0.1) is 11.9 Å². The average Bonchev–Trinajstić information content (AvgIpc) is 3.14. The zero-order valence-corrected chi connectivity index (χ0v) is 19.4. The number of aryl methyl sites for hydroxylation is 3. The van der Waals surface area contributed by atoms with Gasteiger partial charge in [-0.05, 0) is 69.1 Å². The molecule has 1 aromatic carbocycles. The van der Waals surface area contributed by atoms with Crippen molar-refractivity contribution >= 4 is 57.2 Å². The van der Waals surface area contributed by atoms with Crippen LogP contribution in [0.15, 0.2) is 30.6 Å². The summed E-state index contributed by atoms with van der Waals surface area (Å²) in [7, 11) is -0.385. The molecule has 1 aromatic heterocycles. The standard InChI is InChI=1S/C21H32N6O3S.Na.H/c1-5-16-11-17(6-2)13-18(12-16)23-21(28)24-31(29,30)27(20-14-22-26(4)15-20)19-7-9-25(3)10-8-19;;/h11-15,19H,5-10H2,1-4H3,(H2,23,24,28);;. The molecule has 2 aromatic rings. The van der Waals surface area contributed by atoms with Gasteiger partial charge in [0.1, 0.15) is 0 Å². The van der Waals surface area contributed by atoms with E-state index in [9.17, 15) is 13.2 Å². The third-order valence-corrected chi connectivity index (χ3v) is 7.04. The van der Waals surface area contributed by atoms with Crippen LogP contribution in [0, 0.1) is 0 Å². The maximum absolute atomic E-state index is 13.3. The molecule has 0 aliphatic carbocycles. The van der Waals surface area contributed by atoms with Gasteiger partial charge in [0.15, 0.2) is 0 Å². The van der Waals surface area contributed by atoms with E-state index in [0.717, 1.165) is 37.1 Å². The molecule has 0 atom stereocenters. The van der Waals surface area contributed by atoms with Gasteiger partial charge >= 0.3 is 45.8 Å². The first kappa shape index (κ1) is 26.7. The first-order valence-electron chi connectivity index (χ1n) is 10.6. The van der Waals surface area contributed by atoms with Crippen molar-refractivity contribution < 1.29 is 13.2 Å². The first-order chi connectivity index (χ1) is 14.7. The van der Waals surface area contributed by atoms with E-state index >= 15 is 0 Å². The van der Waals surface area contributed by atoms with Crippen LogP contribution in [0.3, 0.4) is 0 Å². The SMILES string of the molecule is CCc1cc(CC)cc(NC(=O)NS(=O)(=O)N(c2cnn(C)c2)C2CCN(C)CC2)c1.[NaH]. The van der Waals surface area contributed by atoms with Gasteiger partial charge in [0, 0.05) is 25.0 Å². The molecule has 2 N–H and O–H groups in total. The average molecular weight is 473 g/mol. The molecule has 1 aliphatic rings. The molecule has 0 radical (unpaired) electrons. The van der Waals surface area contributed by atoms with Crippen molar-refractivity contribution in [3.63, 3.8) is 0 Å². The molecule has 0 bridgehead atoms. The summed E-state index contributed by atoms with van der Waals surface area (Å²) in [6, 6.07) is 4.78. The number of likely N-dealkylation sites (tertiary alicyclic amines) is 1. The van der Waals surface area contributed by atoms with E-state index in [1.54, 1.807) is 17.9 Å². The second-order valence-electron chi connectivity index (χ2n) is 8.01. The predicted molar refractivity (Wildman–Crippen MR) is 130 cm³/mol. The van der Waals surface area contributed by atoms with Crippen molar-refractivity contribution in [3.05, 3.63) is 41.7 Å². The van der Waals surface area contributed by atoms with E-state index in [2.05, 4.69) is 26.1 Å². The number of hydrogen-bond donors (Lipinski definition) is 2. The monoisotopic (exact) mass is 472 g/mol. The first-order valence-corrected chi connectivity index (χ1v) is 12.1. The number of carbonyl (C=O) groups is 1. The Morgan fingerprint density at radius 1 is 1.12 bits per heavy atom. The van der Waals surface area contributed by atoms with Crippen LogP contribution >= 0.6 is 0 Å². The van der Waals surface area contributed by atoms with E-state index in [1.807, 2.05) is 33.0 Å². The Hall–Kier alpha value is -1.59. The van der Waals surface area contributed by atoms with Crippen LogP contribution in [0.25, 0.3) is 0 Å². The number of aromatic nitrogens is 2. The van der Waals surface area contributed by atoms with Gasteiger partial charge in [-0.25, -0.2) is 13.8 Å². The number of hydrogen-bond acceptors (Lipinski definition) is 5. The second-order valence-corrected chi connectivity index (χ2v) is 9.56. The van der Waals surface area contributed by atoms with Crippen LogP contribution in [0.4, 0.5) is 16.2 Å². The molecule has 2 amide bonds. The Kier molecular flexibility index (Phi) is 9.59. The van der Waals surface area contributed by atoms with Gasteiger partial charge in [0.2, 0.25) is 0 Å². The molecule has 2 heterocycles. The summed E-state index contributed by atoms with van der Waals surface area (Å²) in [6.45, 7) is 5.65. The summed E-state index contributed by atoms with van der Waals surface area (Å²) in [5.41, 5.74) is 3.19. The normalized spacial score (nSPS) is 15.1. The molecule has 3 rings (SSSR count). The van der Waals surface area contributed by atoms with Crippen LogP contribution in [0.2, 0.25) is 0 Å². The summed E-state index contributed by atoms with van der Waals surface area (Å²) in [6.07, 6.45) is 6.15. The van der Waals surface area contributed by atoms with Crippen molar-refractivity contribution in [1.29, 1.82) is 0 Å². The maximum atomic E-state index is 13.3. The van der Waals surface area contributed by atoms with Crippen LogP contribution in [0.5, 0.6) is 0 Å². The van der Waals surface area contributed by atoms with E-state index < -0.39 is 16.2 Å². The van der Waals surface area contributed by atoms with Gasteiger partial charge in [-0.3, -0.25) is 4.68 Å². The number of carbonyl (C=O) groups excluding carboxylic acids is 1. The molecule has 0 saturated carbocycles. The quantitative estimate of drug-likeness (QED) is 0.600. The van der Waals surface area contributed by atoms with E-state index in [4.69, 9.17) is 0 Å². The molecule has 9 nitrogen and oxygen atoms in total. The Bertz CT molecular complexity index is 996. The van der Waals surface area contributed by atoms with Crippen LogP contribution in [-0.4, -0.2) is 84.9 Å². The topological polar surface area (TPSA) is 99.6 Å². The number of nitrogens with zero attached hydrogens (tertiary/aromatic N) is 4. The summed E-state index contributed by atoms with van der Waals surface area (Å²) in [5.74, 6) is 0. The molecule has 1 saturated heterocycles. The molecule has 32 heavy (non-hydrogen) atoms. The van der Waals surface area contributed by atoms with Gasteiger partial charge in [-0.2, -0.15) is 13.5 Å². The Morgan fingerprint density at radius 2 is 1.72 bits per heavy atom. The second kappa shape index (κ2) is 11.5. The third kappa shape index (κ3) is 6.71. The minimum absolute atomic E-state index is 0. The minimum atomic E-state index is -4.13. The summed E-state index contributed by atoms with van der Waals surface area (Å²) in [5, 5.41) is 6.80. The number of amides is 2. The van der Waals surface area contributed by atoms with Crippen molar-refractivity contribution in [2.45, 2.75) is 45.6 Å². The van der Waals surface area contributed by atoms with Crippen LogP contribution in [0.1, 0.15) is 37.8 Å². The van der Waals surface area contributed by atoms with Gasteiger partial charge in [0.25, 0.3) is 0 Å². The molecule has 1 aliphatic heterocycles. The molecule has 0 spiro atoms. The predicted octanol–water partition coefficient (Wildman–Crippen LogP) is 1.86. The molecular weight excluding hydrogens is 439 g/mol. The van der Waals surface area contributed by atoms with E-state index in [1.165, 1.54) is 10.5 Å². The molecule has 11 heteroatoms. The fraction of sp³-hybridized carbons (Fsp3) is 0.524. The summed E-state index contributed by atoms with van der Waals surface area (Å²) in [4.78, 5) is 14.8. The summed E-state index contributed by atoms with van der Waals surface area (Å²) >= 11 is 0. The number of urea groups is 1. The number of benzene rings is 1. The summed E-state index contributed by atoms with van der Waals surface area (Å²) < 4.78 is 31.6. The number of rotatable bonds is 7. The number of anilines is 2. The van der Waals surface area contributed by atoms with Crippen molar-refractivity contribution in [1.82, 2.24) is 19.4 Å². The molecule has 172 valence electrons. The van der Waals surface area contributed by atoms with Crippen molar-refractivity contribution in [2.75, 3.05) is 29.8 Å². The third-order valence-electron chi connectivity index (χ3n) is 5.57. The van der Waals surface area contributed by atoms with Gasteiger partial charge in [-0.15, -0.1) is 0 Å². The van der Waals surface area contributed by atoms with Crippen molar-refractivity contribution in [3.8, 4) is 0 Å². The fourth-order valence-electron chi connectivity index (χ4n) is 3.86. The molecule has 1 fully saturated rings.